The molecule has 0 fully saturated rings. The SMILES string of the molecule is CCC(=O)c1cc(I)cc(SC(F)(F)F)c1. The fourth-order valence-corrected chi connectivity index (χ4v) is 2.64. The predicted molar refractivity (Wildman–Crippen MR) is 65.7 cm³/mol. The van der Waals surface area contributed by atoms with E-state index in [-0.39, 0.29) is 28.9 Å². The first kappa shape index (κ1) is 13.8. The first-order chi connectivity index (χ1) is 7.31. The van der Waals surface area contributed by atoms with Crippen molar-refractivity contribution in [3.8, 4) is 0 Å². The highest BCUT2D eigenvalue weighted by Gasteiger charge is 2.29. The molecule has 0 atom stereocenters. The molecule has 0 radical (unpaired) electrons. The van der Waals surface area contributed by atoms with E-state index in [1.54, 1.807) is 13.0 Å². The molecule has 0 saturated heterocycles. The maximum absolute atomic E-state index is 12.2. The lowest BCUT2D eigenvalue weighted by Crippen LogP contribution is -2.01. The third-order valence-electron chi connectivity index (χ3n) is 1.75. The van der Waals surface area contributed by atoms with Crippen molar-refractivity contribution in [3.05, 3.63) is 27.3 Å². The number of rotatable bonds is 3. The van der Waals surface area contributed by atoms with E-state index < -0.39 is 5.51 Å². The zero-order valence-electron chi connectivity index (χ0n) is 8.27. The van der Waals surface area contributed by atoms with E-state index >= 15 is 0 Å². The zero-order valence-corrected chi connectivity index (χ0v) is 11.2. The molecule has 0 spiro atoms. The van der Waals surface area contributed by atoms with Crippen LogP contribution in [0.2, 0.25) is 0 Å². The summed E-state index contributed by atoms with van der Waals surface area (Å²) in [5.41, 5.74) is -3.99. The quantitative estimate of drug-likeness (QED) is 0.449. The molecule has 1 rings (SSSR count). The number of alkyl halides is 3. The fraction of sp³-hybridized carbons (Fsp3) is 0.300. The van der Waals surface area contributed by atoms with Gasteiger partial charge in [0.15, 0.2) is 5.78 Å². The number of carbonyl (C=O) groups is 1. The number of hydrogen-bond acceptors (Lipinski definition) is 2. The molecule has 0 aliphatic carbocycles. The lowest BCUT2D eigenvalue weighted by atomic mass is 10.1. The Morgan fingerprint density at radius 3 is 2.50 bits per heavy atom. The van der Waals surface area contributed by atoms with Gasteiger partial charge in [0.2, 0.25) is 0 Å². The van der Waals surface area contributed by atoms with Gasteiger partial charge < -0.3 is 0 Å². The molecule has 0 aliphatic rings. The number of ketones is 1. The van der Waals surface area contributed by atoms with Gasteiger partial charge in [-0.25, -0.2) is 0 Å². The molecule has 1 aromatic rings. The van der Waals surface area contributed by atoms with Crippen LogP contribution in [0.25, 0.3) is 0 Å². The summed E-state index contributed by atoms with van der Waals surface area (Å²) in [4.78, 5) is 11.4. The highest BCUT2D eigenvalue weighted by Crippen LogP contribution is 2.37. The maximum Gasteiger partial charge on any atom is 0.446 e. The van der Waals surface area contributed by atoms with Crippen molar-refractivity contribution in [2.45, 2.75) is 23.7 Å². The van der Waals surface area contributed by atoms with E-state index in [4.69, 9.17) is 0 Å². The minimum atomic E-state index is -4.32. The Morgan fingerprint density at radius 2 is 2.00 bits per heavy atom. The molecule has 0 aliphatic heterocycles. The second-order valence-corrected chi connectivity index (χ2v) is 5.38. The fourth-order valence-electron chi connectivity index (χ4n) is 1.12. The van der Waals surface area contributed by atoms with Gasteiger partial charge in [-0.1, -0.05) is 6.92 Å². The Bertz CT molecular complexity index is 404. The van der Waals surface area contributed by atoms with Crippen molar-refractivity contribution >= 4 is 40.1 Å². The average molecular weight is 360 g/mol. The van der Waals surface area contributed by atoms with Crippen molar-refractivity contribution in [2.75, 3.05) is 0 Å². The summed E-state index contributed by atoms with van der Waals surface area (Å²) >= 11 is 1.70. The van der Waals surface area contributed by atoms with Crippen molar-refractivity contribution < 1.29 is 18.0 Å². The first-order valence-electron chi connectivity index (χ1n) is 4.41. The molecule has 88 valence electrons. The van der Waals surface area contributed by atoms with Crippen molar-refractivity contribution in [2.24, 2.45) is 0 Å². The van der Waals surface area contributed by atoms with Gasteiger partial charge in [0.25, 0.3) is 0 Å². The Balaban J connectivity index is 3.03. The maximum atomic E-state index is 12.2. The van der Waals surface area contributed by atoms with E-state index in [2.05, 4.69) is 0 Å². The van der Waals surface area contributed by atoms with Gasteiger partial charge in [-0.15, -0.1) is 0 Å². The summed E-state index contributed by atoms with van der Waals surface area (Å²) in [6.45, 7) is 1.68. The predicted octanol–water partition coefficient (Wildman–Crippen LogP) is 4.50. The summed E-state index contributed by atoms with van der Waals surface area (Å²) in [5.74, 6) is -0.150. The van der Waals surface area contributed by atoms with Crippen LogP contribution in [0.3, 0.4) is 0 Å². The summed E-state index contributed by atoms with van der Waals surface area (Å²) in [6.07, 6.45) is 0.288. The first-order valence-corrected chi connectivity index (χ1v) is 6.31. The average Bonchev–Trinajstić information content (AvgIpc) is 2.12. The number of benzene rings is 1. The van der Waals surface area contributed by atoms with Gasteiger partial charge in [0, 0.05) is 20.4 Å². The van der Waals surface area contributed by atoms with E-state index in [0.717, 1.165) is 0 Å². The summed E-state index contributed by atoms with van der Waals surface area (Å²) in [7, 11) is 0. The van der Waals surface area contributed by atoms with Crippen LogP contribution in [0.15, 0.2) is 23.1 Å². The van der Waals surface area contributed by atoms with Gasteiger partial charge in [0.1, 0.15) is 0 Å². The molecule has 6 heteroatoms. The smallest absolute Gasteiger partial charge is 0.294 e. The minimum Gasteiger partial charge on any atom is -0.294 e. The summed E-state index contributed by atoms with van der Waals surface area (Å²) in [5, 5.41) is 0. The van der Waals surface area contributed by atoms with Crippen LogP contribution in [-0.4, -0.2) is 11.3 Å². The van der Waals surface area contributed by atoms with E-state index in [1.807, 2.05) is 22.6 Å². The molecular formula is C10H8F3IOS. The second kappa shape index (κ2) is 5.39. The van der Waals surface area contributed by atoms with Crippen LogP contribution < -0.4 is 0 Å². The Hall–Kier alpha value is -0.240. The molecule has 1 nitrogen and oxygen atoms in total. The standard InChI is InChI=1S/C10H8F3IOS/c1-2-9(15)6-3-7(14)5-8(4-6)16-10(11,12)13/h3-5H,2H2,1H3. The number of carbonyl (C=O) groups excluding carboxylic acids is 1. The molecule has 0 heterocycles. The van der Waals surface area contributed by atoms with Crippen molar-refractivity contribution in [1.82, 2.24) is 0 Å². The van der Waals surface area contributed by atoms with E-state index in [1.165, 1.54) is 12.1 Å². The molecular weight excluding hydrogens is 352 g/mol. The van der Waals surface area contributed by atoms with Crippen LogP contribution in [0.5, 0.6) is 0 Å². The molecule has 0 aromatic heterocycles. The summed E-state index contributed by atoms with van der Waals surface area (Å²) < 4.78 is 37.1. The number of hydrogen-bond donors (Lipinski definition) is 0. The lowest BCUT2D eigenvalue weighted by molar-refractivity contribution is -0.0328. The van der Waals surface area contributed by atoms with Crippen LogP contribution in [0.4, 0.5) is 13.2 Å². The normalized spacial score (nSPS) is 11.6. The molecule has 0 N–H and O–H groups in total. The van der Waals surface area contributed by atoms with Gasteiger partial charge in [-0.2, -0.15) is 13.2 Å². The Kier molecular flexibility index (Phi) is 4.66. The number of thioether (sulfide) groups is 1. The number of halogens is 4. The van der Waals surface area contributed by atoms with Crippen LogP contribution in [0, 0.1) is 3.57 Å². The molecule has 0 unspecified atom stereocenters. The zero-order chi connectivity index (χ0) is 12.3. The highest BCUT2D eigenvalue weighted by molar-refractivity contribution is 14.1. The topological polar surface area (TPSA) is 17.1 Å². The molecule has 0 amide bonds. The van der Waals surface area contributed by atoms with Crippen molar-refractivity contribution in [1.29, 1.82) is 0 Å². The molecule has 0 saturated carbocycles. The Morgan fingerprint density at radius 1 is 1.38 bits per heavy atom. The van der Waals surface area contributed by atoms with Gasteiger partial charge >= 0.3 is 5.51 Å². The van der Waals surface area contributed by atoms with Gasteiger partial charge in [-0.3, -0.25) is 4.79 Å². The van der Waals surface area contributed by atoms with Crippen molar-refractivity contribution in [3.63, 3.8) is 0 Å². The lowest BCUT2D eigenvalue weighted by Gasteiger charge is -2.07. The van der Waals surface area contributed by atoms with E-state index in [0.29, 0.717) is 9.13 Å². The third-order valence-corrected chi connectivity index (χ3v) is 3.07. The van der Waals surface area contributed by atoms with Crippen LogP contribution >= 0.6 is 34.4 Å². The monoisotopic (exact) mass is 360 g/mol. The largest absolute Gasteiger partial charge is 0.446 e. The van der Waals surface area contributed by atoms with Gasteiger partial charge in [-0.05, 0) is 52.6 Å². The van der Waals surface area contributed by atoms with Crippen LogP contribution in [0.1, 0.15) is 23.7 Å². The Labute approximate surface area is 109 Å². The minimum absolute atomic E-state index is 0.0520. The number of Topliss-reactive ketones (excluding diaryl/α,β-unsaturated/α-hetero) is 1. The highest BCUT2D eigenvalue weighted by atomic mass is 127. The van der Waals surface area contributed by atoms with Crippen LogP contribution in [-0.2, 0) is 0 Å². The molecule has 16 heavy (non-hydrogen) atoms. The molecule has 1 aromatic carbocycles. The second-order valence-electron chi connectivity index (χ2n) is 3.00. The summed E-state index contributed by atoms with van der Waals surface area (Å²) in [6, 6.07) is 4.28. The van der Waals surface area contributed by atoms with Gasteiger partial charge in [0.05, 0.1) is 0 Å². The van der Waals surface area contributed by atoms with E-state index in [9.17, 15) is 18.0 Å². The molecule has 0 bridgehead atoms. The third kappa shape index (κ3) is 4.32.